The molecular formula is C17H20ClN3O3. The van der Waals surface area contributed by atoms with Crippen LogP contribution in [0.4, 0.5) is 16.2 Å². The Morgan fingerprint density at radius 2 is 2.04 bits per heavy atom. The summed E-state index contributed by atoms with van der Waals surface area (Å²) in [4.78, 5) is 25.6. The van der Waals surface area contributed by atoms with Gasteiger partial charge in [-0.25, -0.2) is 4.79 Å². The van der Waals surface area contributed by atoms with Crippen LogP contribution in [-0.2, 0) is 0 Å². The summed E-state index contributed by atoms with van der Waals surface area (Å²) in [6.07, 6.45) is 3.39. The number of hydrogen-bond acceptors (Lipinski definition) is 3. The molecule has 128 valence electrons. The number of furan rings is 1. The van der Waals surface area contributed by atoms with Gasteiger partial charge in [0.2, 0.25) is 0 Å². The molecule has 0 unspecified atom stereocenters. The second-order valence-corrected chi connectivity index (χ2v) is 5.74. The van der Waals surface area contributed by atoms with E-state index in [4.69, 9.17) is 16.0 Å². The van der Waals surface area contributed by atoms with Crippen LogP contribution >= 0.6 is 11.6 Å². The topological polar surface area (TPSA) is 74.6 Å². The number of hydrogen-bond donors (Lipinski definition) is 2. The Kier molecular flexibility index (Phi) is 6.26. The fourth-order valence-electron chi connectivity index (χ4n) is 2.00. The molecule has 1 heterocycles. The molecule has 2 rings (SSSR count). The Labute approximate surface area is 145 Å². The van der Waals surface area contributed by atoms with Crippen molar-refractivity contribution in [1.29, 1.82) is 0 Å². The SMILES string of the molecule is CCCCN(C)C(=O)Nc1ccc(NC(=O)c2ccco2)c(Cl)c1. The van der Waals surface area contributed by atoms with E-state index in [2.05, 4.69) is 17.6 Å². The summed E-state index contributed by atoms with van der Waals surface area (Å²) in [6.45, 7) is 2.76. The average molecular weight is 350 g/mol. The van der Waals surface area contributed by atoms with E-state index in [0.29, 0.717) is 22.9 Å². The number of halogens is 1. The summed E-state index contributed by atoms with van der Waals surface area (Å²) in [5, 5.41) is 5.75. The van der Waals surface area contributed by atoms with E-state index in [9.17, 15) is 9.59 Å². The smallest absolute Gasteiger partial charge is 0.321 e. The van der Waals surface area contributed by atoms with Gasteiger partial charge in [-0.05, 0) is 36.8 Å². The summed E-state index contributed by atoms with van der Waals surface area (Å²) < 4.78 is 5.02. The Hall–Kier alpha value is -2.47. The highest BCUT2D eigenvalue weighted by Gasteiger charge is 2.13. The molecule has 0 fully saturated rings. The van der Waals surface area contributed by atoms with E-state index in [1.807, 2.05) is 0 Å². The molecule has 1 aromatic heterocycles. The van der Waals surface area contributed by atoms with E-state index in [1.165, 1.54) is 6.26 Å². The number of benzene rings is 1. The van der Waals surface area contributed by atoms with E-state index >= 15 is 0 Å². The van der Waals surface area contributed by atoms with E-state index in [-0.39, 0.29) is 11.8 Å². The molecule has 0 radical (unpaired) electrons. The first kappa shape index (κ1) is 17.9. The van der Waals surface area contributed by atoms with E-state index < -0.39 is 5.91 Å². The lowest BCUT2D eigenvalue weighted by molar-refractivity contribution is 0.0996. The number of amides is 3. The predicted octanol–water partition coefficient (Wildman–Crippen LogP) is 4.45. The van der Waals surface area contributed by atoms with Crippen molar-refractivity contribution < 1.29 is 14.0 Å². The number of anilines is 2. The first-order valence-corrected chi connectivity index (χ1v) is 8.05. The van der Waals surface area contributed by atoms with Crippen LogP contribution in [0.25, 0.3) is 0 Å². The van der Waals surface area contributed by atoms with Crippen LogP contribution in [0.2, 0.25) is 5.02 Å². The van der Waals surface area contributed by atoms with Crippen molar-refractivity contribution >= 4 is 34.9 Å². The highest BCUT2D eigenvalue weighted by atomic mass is 35.5. The summed E-state index contributed by atoms with van der Waals surface area (Å²) in [6, 6.07) is 7.88. The highest BCUT2D eigenvalue weighted by molar-refractivity contribution is 6.34. The minimum Gasteiger partial charge on any atom is -0.459 e. The van der Waals surface area contributed by atoms with Crippen molar-refractivity contribution in [1.82, 2.24) is 4.90 Å². The molecule has 0 aliphatic rings. The Balaban J connectivity index is 1.99. The van der Waals surface area contributed by atoms with Gasteiger partial charge >= 0.3 is 6.03 Å². The lowest BCUT2D eigenvalue weighted by Gasteiger charge is -2.18. The largest absolute Gasteiger partial charge is 0.459 e. The van der Waals surface area contributed by atoms with Gasteiger partial charge in [-0.1, -0.05) is 24.9 Å². The lowest BCUT2D eigenvalue weighted by atomic mass is 10.2. The summed E-state index contributed by atoms with van der Waals surface area (Å²) in [7, 11) is 1.74. The van der Waals surface area contributed by atoms with Crippen molar-refractivity contribution in [2.45, 2.75) is 19.8 Å². The first-order valence-electron chi connectivity index (χ1n) is 7.67. The standard InChI is InChI=1S/C17H20ClN3O3/c1-3-4-9-21(2)17(23)19-12-7-8-14(13(18)11-12)20-16(22)15-6-5-10-24-15/h5-8,10-11H,3-4,9H2,1-2H3,(H,19,23)(H,20,22). The Morgan fingerprint density at radius 1 is 1.25 bits per heavy atom. The van der Waals surface area contributed by atoms with E-state index in [1.54, 1.807) is 42.3 Å². The second-order valence-electron chi connectivity index (χ2n) is 5.33. The minimum absolute atomic E-state index is 0.195. The molecule has 2 N–H and O–H groups in total. The van der Waals surface area contributed by atoms with Gasteiger partial charge in [-0.2, -0.15) is 0 Å². The van der Waals surface area contributed by atoms with Crippen LogP contribution in [-0.4, -0.2) is 30.4 Å². The molecule has 1 aromatic carbocycles. The van der Waals surface area contributed by atoms with Crippen LogP contribution in [0.15, 0.2) is 41.0 Å². The van der Waals surface area contributed by atoms with Crippen molar-refractivity contribution in [3.8, 4) is 0 Å². The minimum atomic E-state index is -0.391. The molecule has 0 saturated carbocycles. The number of carbonyl (C=O) groups excluding carboxylic acids is 2. The molecule has 7 heteroatoms. The molecule has 24 heavy (non-hydrogen) atoms. The van der Waals surface area contributed by atoms with Crippen LogP contribution in [0.3, 0.4) is 0 Å². The molecule has 3 amide bonds. The van der Waals surface area contributed by atoms with Crippen molar-refractivity contribution in [2.24, 2.45) is 0 Å². The van der Waals surface area contributed by atoms with Gasteiger partial charge in [0, 0.05) is 19.3 Å². The summed E-state index contributed by atoms with van der Waals surface area (Å²) in [5.74, 6) is -0.195. The zero-order chi connectivity index (χ0) is 17.5. The van der Waals surface area contributed by atoms with Gasteiger partial charge in [0.25, 0.3) is 5.91 Å². The van der Waals surface area contributed by atoms with Crippen molar-refractivity contribution in [3.05, 3.63) is 47.4 Å². The molecule has 0 spiro atoms. The van der Waals surface area contributed by atoms with Crippen LogP contribution in [0.1, 0.15) is 30.3 Å². The third-order valence-corrected chi connectivity index (χ3v) is 3.72. The number of urea groups is 1. The third kappa shape index (κ3) is 4.76. The number of nitrogens with one attached hydrogen (secondary N) is 2. The molecule has 0 saturated heterocycles. The van der Waals surface area contributed by atoms with Gasteiger partial charge in [0.15, 0.2) is 5.76 Å². The zero-order valence-electron chi connectivity index (χ0n) is 13.6. The third-order valence-electron chi connectivity index (χ3n) is 3.41. The molecular weight excluding hydrogens is 330 g/mol. The highest BCUT2D eigenvalue weighted by Crippen LogP contribution is 2.26. The van der Waals surface area contributed by atoms with Crippen molar-refractivity contribution in [3.63, 3.8) is 0 Å². The normalized spacial score (nSPS) is 10.3. The lowest BCUT2D eigenvalue weighted by Crippen LogP contribution is -2.32. The Bertz CT molecular complexity index is 701. The van der Waals surface area contributed by atoms with Gasteiger partial charge in [-0.3, -0.25) is 4.79 Å². The quantitative estimate of drug-likeness (QED) is 0.809. The maximum atomic E-state index is 12.0. The van der Waals surface area contributed by atoms with Gasteiger partial charge in [-0.15, -0.1) is 0 Å². The van der Waals surface area contributed by atoms with Crippen LogP contribution < -0.4 is 10.6 Å². The summed E-state index contributed by atoms with van der Waals surface area (Å²) >= 11 is 6.17. The van der Waals surface area contributed by atoms with Crippen LogP contribution in [0, 0.1) is 0 Å². The summed E-state index contributed by atoms with van der Waals surface area (Å²) in [5.41, 5.74) is 1.000. The fourth-order valence-corrected chi connectivity index (χ4v) is 2.23. The average Bonchev–Trinajstić information content (AvgIpc) is 3.09. The molecule has 2 aromatic rings. The molecule has 0 aliphatic heterocycles. The molecule has 0 bridgehead atoms. The van der Waals surface area contributed by atoms with Gasteiger partial charge in [0.05, 0.1) is 17.0 Å². The zero-order valence-corrected chi connectivity index (χ0v) is 14.4. The monoisotopic (exact) mass is 349 g/mol. The Morgan fingerprint density at radius 3 is 2.67 bits per heavy atom. The van der Waals surface area contributed by atoms with Crippen molar-refractivity contribution in [2.75, 3.05) is 24.2 Å². The molecule has 0 aliphatic carbocycles. The fraction of sp³-hybridized carbons (Fsp3) is 0.294. The molecule has 6 nitrogen and oxygen atoms in total. The second kappa shape index (κ2) is 8.40. The van der Waals surface area contributed by atoms with E-state index in [0.717, 1.165) is 12.8 Å². The maximum absolute atomic E-state index is 12.0. The van der Waals surface area contributed by atoms with Gasteiger partial charge in [0.1, 0.15) is 0 Å². The number of nitrogens with zero attached hydrogens (tertiary/aromatic N) is 1. The predicted molar refractivity (Wildman–Crippen MR) is 94.7 cm³/mol. The number of rotatable bonds is 6. The van der Waals surface area contributed by atoms with Crippen LogP contribution in [0.5, 0.6) is 0 Å². The number of unbranched alkanes of at least 4 members (excludes halogenated alkanes) is 1. The maximum Gasteiger partial charge on any atom is 0.321 e. The van der Waals surface area contributed by atoms with Gasteiger partial charge < -0.3 is 20.0 Å². The first-order chi connectivity index (χ1) is 11.5. The molecule has 0 atom stereocenters. The number of carbonyl (C=O) groups is 2.